The fourth-order valence-corrected chi connectivity index (χ4v) is 11.7. The molecule has 0 aliphatic carbocycles. The Labute approximate surface area is 106 Å². The van der Waals surface area contributed by atoms with Crippen LogP contribution in [0, 0.1) is 0 Å². The first-order valence-corrected chi connectivity index (χ1v) is 13.0. The summed E-state index contributed by atoms with van der Waals surface area (Å²) in [6.07, 6.45) is 1.38. The fraction of sp³-hybridized carbons (Fsp3) is 1.00. The summed E-state index contributed by atoms with van der Waals surface area (Å²) in [5.41, 5.74) is 0. The molecule has 0 aliphatic heterocycles. The minimum Gasteiger partial charge on any atom is -0.305 e. The summed E-state index contributed by atoms with van der Waals surface area (Å²) < 4.78 is 5.11. The van der Waals surface area contributed by atoms with Gasteiger partial charge < -0.3 is 4.18 Å². The van der Waals surface area contributed by atoms with Gasteiger partial charge in [-0.2, -0.15) is 0 Å². The molecular weight excluding hydrogens is 297 g/mol. The average molecular weight is 311 g/mol. The normalized spacial score (nSPS) is 10.8. The molecule has 0 aliphatic rings. The molecule has 0 rings (SSSR count). The third kappa shape index (κ3) is 14.3. The Morgan fingerprint density at radius 1 is 1.15 bits per heavy atom. The Morgan fingerprint density at radius 2 is 1.92 bits per heavy atom. The molecule has 0 fully saturated rings. The van der Waals surface area contributed by atoms with Gasteiger partial charge in [0.1, 0.15) is 0 Å². The molecule has 0 aromatic rings. The van der Waals surface area contributed by atoms with Gasteiger partial charge >= 0.3 is 0 Å². The molecule has 0 spiro atoms. The van der Waals surface area contributed by atoms with Crippen LogP contribution < -0.4 is 0 Å². The van der Waals surface area contributed by atoms with Crippen LogP contribution in [0.4, 0.5) is 0 Å². The van der Waals surface area contributed by atoms with Gasteiger partial charge in [0, 0.05) is 35.6 Å². The highest BCUT2D eigenvalue weighted by atomic mass is 33.9. The fourth-order valence-electron chi connectivity index (χ4n) is 0.359. The van der Waals surface area contributed by atoms with Crippen molar-refractivity contribution in [3.8, 4) is 0 Å². The number of hydrogen-bond donors (Lipinski definition) is 0. The summed E-state index contributed by atoms with van der Waals surface area (Å²) in [6.45, 7) is 2.79. The van der Waals surface area contributed by atoms with Gasteiger partial charge in [-0.25, -0.2) is 0 Å². The van der Waals surface area contributed by atoms with E-state index in [0.717, 1.165) is 6.61 Å². The van der Waals surface area contributed by atoms with E-state index in [4.69, 9.17) is 4.18 Å². The summed E-state index contributed by atoms with van der Waals surface area (Å²) in [5, 5.41) is 0. The third-order valence-electron chi connectivity index (χ3n) is 0.906. The van der Waals surface area contributed by atoms with Crippen LogP contribution in [-0.4, -0.2) is 22.6 Å². The van der Waals surface area contributed by atoms with Gasteiger partial charge in [-0.3, -0.25) is 0 Å². The maximum absolute atomic E-state index is 5.11. The van der Waals surface area contributed by atoms with E-state index in [0.29, 0.717) is 0 Å². The molecule has 80 valence electrons. The van der Waals surface area contributed by atoms with Crippen molar-refractivity contribution in [3.05, 3.63) is 0 Å². The van der Waals surface area contributed by atoms with Gasteiger partial charge in [0.15, 0.2) is 0 Å². The standard InChI is InChI=1S/C5H14OS6Si/c1-2-6-8-10-12-11-9-7-4-3-5-13/h2-5H2,1,13H3. The first kappa shape index (κ1) is 15.3. The van der Waals surface area contributed by atoms with Crippen LogP contribution in [0.15, 0.2) is 0 Å². The van der Waals surface area contributed by atoms with Crippen molar-refractivity contribution in [1.82, 2.24) is 0 Å². The van der Waals surface area contributed by atoms with Crippen LogP contribution >= 0.6 is 61.2 Å². The van der Waals surface area contributed by atoms with E-state index in [1.54, 1.807) is 19.7 Å². The molecule has 0 saturated carbocycles. The Kier molecular flexibility index (Phi) is 16.8. The van der Waals surface area contributed by atoms with Crippen molar-refractivity contribution in [2.24, 2.45) is 0 Å². The average Bonchev–Trinajstić information content (AvgIpc) is 2.16. The van der Waals surface area contributed by atoms with Crippen LogP contribution in [0.3, 0.4) is 0 Å². The van der Waals surface area contributed by atoms with Crippen LogP contribution in [-0.2, 0) is 4.18 Å². The van der Waals surface area contributed by atoms with Crippen molar-refractivity contribution in [3.63, 3.8) is 0 Å². The summed E-state index contributed by atoms with van der Waals surface area (Å²) in [4.78, 5) is 0. The van der Waals surface area contributed by atoms with Crippen LogP contribution in [0.25, 0.3) is 0 Å². The molecule has 0 amide bonds. The summed E-state index contributed by atoms with van der Waals surface area (Å²) in [6, 6.07) is 1.43. The molecule has 0 aromatic carbocycles. The second-order valence-electron chi connectivity index (χ2n) is 1.92. The lowest BCUT2D eigenvalue weighted by Gasteiger charge is -1.98. The minimum absolute atomic E-state index is 0.783. The lowest BCUT2D eigenvalue weighted by Crippen LogP contribution is -1.72. The highest BCUT2D eigenvalue weighted by Gasteiger charge is 1.94. The van der Waals surface area contributed by atoms with E-state index in [2.05, 4.69) is 0 Å². The molecule has 0 N–H and O–H groups in total. The molecule has 0 saturated heterocycles. The van der Waals surface area contributed by atoms with Gasteiger partial charge in [-0.05, 0) is 33.0 Å². The van der Waals surface area contributed by atoms with Crippen LogP contribution in [0.2, 0.25) is 6.04 Å². The molecule has 1 nitrogen and oxygen atoms in total. The second-order valence-corrected chi connectivity index (χ2v) is 12.1. The van der Waals surface area contributed by atoms with Crippen LogP contribution in [0.5, 0.6) is 0 Å². The first-order chi connectivity index (χ1) is 6.41. The number of hydrogen-bond acceptors (Lipinski definition) is 7. The Morgan fingerprint density at radius 3 is 2.62 bits per heavy atom. The molecule has 0 radical (unpaired) electrons. The molecule has 0 unspecified atom stereocenters. The lowest BCUT2D eigenvalue weighted by atomic mass is 10.6. The van der Waals surface area contributed by atoms with E-state index in [1.807, 2.05) is 37.4 Å². The van der Waals surface area contributed by atoms with Gasteiger partial charge in [0.2, 0.25) is 0 Å². The van der Waals surface area contributed by atoms with Crippen molar-refractivity contribution < 1.29 is 4.18 Å². The zero-order valence-electron chi connectivity index (χ0n) is 7.69. The summed E-state index contributed by atoms with van der Waals surface area (Å²) >= 11 is 1.46. The predicted octanol–water partition coefficient (Wildman–Crippen LogP) is 4.09. The van der Waals surface area contributed by atoms with Gasteiger partial charge in [0.05, 0.1) is 17.7 Å². The molecule has 0 atom stereocenters. The SMILES string of the molecule is CCOSSSSSSCCC[SiH3]. The van der Waals surface area contributed by atoms with Crippen LogP contribution in [0.1, 0.15) is 13.3 Å². The maximum atomic E-state index is 5.11. The van der Waals surface area contributed by atoms with Crippen molar-refractivity contribution in [1.29, 1.82) is 0 Å². The molecule has 8 heteroatoms. The highest BCUT2D eigenvalue weighted by Crippen LogP contribution is 2.52. The highest BCUT2D eigenvalue weighted by molar-refractivity contribution is 9.41. The van der Waals surface area contributed by atoms with E-state index in [-0.39, 0.29) is 0 Å². The van der Waals surface area contributed by atoms with E-state index in [1.165, 1.54) is 39.5 Å². The molecule has 0 aromatic heterocycles. The Bertz CT molecular complexity index is 87.1. The third-order valence-corrected chi connectivity index (χ3v) is 11.8. The molecule has 0 bridgehead atoms. The topological polar surface area (TPSA) is 9.23 Å². The maximum Gasteiger partial charge on any atom is 0.0749 e. The van der Waals surface area contributed by atoms with Crippen molar-refractivity contribution in [2.75, 3.05) is 12.4 Å². The van der Waals surface area contributed by atoms with Gasteiger partial charge in [-0.1, -0.05) is 16.8 Å². The van der Waals surface area contributed by atoms with Crippen molar-refractivity contribution in [2.45, 2.75) is 19.4 Å². The van der Waals surface area contributed by atoms with Crippen molar-refractivity contribution >= 4 is 71.4 Å². The molecule has 13 heavy (non-hydrogen) atoms. The Balaban J connectivity index is 2.76. The smallest absolute Gasteiger partial charge is 0.0749 e. The number of rotatable bonds is 10. The second kappa shape index (κ2) is 14.3. The van der Waals surface area contributed by atoms with E-state index < -0.39 is 0 Å². The zero-order chi connectivity index (χ0) is 9.78. The summed E-state index contributed by atoms with van der Waals surface area (Å²) in [7, 11) is 10.5. The Hall–Kier alpha value is 2.28. The quantitative estimate of drug-likeness (QED) is 0.257. The van der Waals surface area contributed by atoms with E-state index >= 15 is 0 Å². The van der Waals surface area contributed by atoms with Gasteiger partial charge in [0.25, 0.3) is 0 Å². The predicted molar refractivity (Wildman–Crippen MR) is 81.4 cm³/mol. The first-order valence-electron chi connectivity index (χ1n) is 3.99. The summed E-state index contributed by atoms with van der Waals surface area (Å²) in [5.74, 6) is 1.30. The minimum atomic E-state index is 0.783. The molecule has 0 heterocycles. The van der Waals surface area contributed by atoms with Gasteiger partial charge in [-0.15, -0.1) is 0 Å². The monoisotopic (exact) mass is 310 g/mol. The zero-order valence-corrected chi connectivity index (χ0v) is 14.6. The lowest BCUT2D eigenvalue weighted by molar-refractivity contribution is 0.408. The van der Waals surface area contributed by atoms with E-state index in [9.17, 15) is 0 Å². The molecular formula is C5H14OS6Si. The largest absolute Gasteiger partial charge is 0.305 e.